The van der Waals surface area contributed by atoms with E-state index in [-0.39, 0.29) is 12.1 Å². The van der Waals surface area contributed by atoms with Gasteiger partial charge in [0.2, 0.25) is 0 Å². The number of H-pyrrole nitrogens is 1. The Kier molecular flexibility index (Phi) is 3.46. The third kappa shape index (κ3) is 3.09. The maximum atomic E-state index is 13.1. The fourth-order valence-corrected chi connectivity index (χ4v) is 1.39. The van der Waals surface area contributed by atoms with Crippen LogP contribution in [-0.4, -0.2) is 26.0 Å². The predicted octanol–water partition coefficient (Wildman–Crippen LogP) is 0.782. The number of rotatable bonds is 4. The lowest BCUT2D eigenvalue weighted by Crippen LogP contribution is -2.23. The summed E-state index contributed by atoms with van der Waals surface area (Å²) in [5.74, 6) is -1.07. The van der Waals surface area contributed by atoms with Crippen LogP contribution in [0.1, 0.15) is 16.2 Å². The molecule has 0 aliphatic carbocycles. The molecule has 1 amide bonds. The van der Waals surface area contributed by atoms with E-state index < -0.39 is 22.3 Å². The molecule has 1 heterocycles. The van der Waals surface area contributed by atoms with Crippen LogP contribution >= 0.6 is 0 Å². The minimum absolute atomic E-state index is 0.0587. The summed E-state index contributed by atoms with van der Waals surface area (Å²) < 4.78 is 13.1. The Balaban J connectivity index is 2.12. The molecule has 0 fully saturated rings. The molecule has 0 saturated carbocycles. The van der Waals surface area contributed by atoms with Crippen molar-refractivity contribution in [2.45, 2.75) is 6.54 Å². The topological polar surface area (TPSA) is 114 Å². The smallest absolute Gasteiger partial charge is 0.273 e. The molecule has 19 heavy (non-hydrogen) atoms. The molecule has 0 saturated heterocycles. The number of hydrogen-bond donors (Lipinski definition) is 2. The predicted molar refractivity (Wildman–Crippen MR) is 60.6 cm³/mol. The van der Waals surface area contributed by atoms with E-state index in [1.54, 1.807) is 0 Å². The highest BCUT2D eigenvalue weighted by molar-refractivity contribution is 5.94. The minimum atomic E-state index is -0.848. The number of carbonyl (C=O) groups excluding carboxylic acids is 1. The zero-order valence-electron chi connectivity index (χ0n) is 9.46. The Morgan fingerprint density at radius 3 is 2.89 bits per heavy atom. The second-order valence-electron chi connectivity index (χ2n) is 3.57. The van der Waals surface area contributed by atoms with Gasteiger partial charge in [-0.15, -0.1) is 0 Å². The van der Waals surface area contributed by atoms with Crippen molar-refractivity contribution in [3.8, 4) is 0 Å². The summed E-state index contributed by atoms with van der Waals surface area (Å²) >= 11 is 0. The van der Waals surface area contributed by atoms with Gasteiger partial charge >= 0.3 is 0 Å². The molecular weight excluding hydrogens is 257 g/mol. The van der Waals surface area contributed by atoms with Crippen LogP contribution in [0.2, 0.25) is 0 Å². The number of aromatic nitrogens is 3. The summed E-state index contributed by atoms with van der Waals surface area (Å²) in [6.07, 6.45) is 1.27. The van der Waals surface area contributed by atoms with E-state index in [1.807, 2.05) is 0 Å². The highest BCUT2D eigenvalue weighted by Gasteiger charge is 2.14. The van der Waals surface area contributed by atoms with Gasteiger partial charge in [-0.25, -0.2) is 9.37 Å². The highest BCUT2D eigenvalue weighted by Crippen LogP contribution is 2.16. The number of amides is 1. The van der Waals surface area contributed by atoms with Crippen molar-refractivity contribution in [2.24, 2.45) is 0 Å². The SMILES string of the molecule is O=C(NCc1ncn[nH]1)c1cc(F)cc([N+](=O)[O-])c1. The second kappa shape index (κ2) is 5.21. The fraction of sp³-hybridized carbons (Fsp3) is 0.100. The van der Waals surface area contributed by atoms with Crippen molar-refractivity contribution >= 4 is 11.6 Å². The van der Waals surface area contributed by atoms with Gasteiger partial charge in [0.25, 0.3) is 11.6 Å². The monoisotopic (exact) mass is 265 g/mol. The summed E-state index contributed by atoms with van der Waals surface area (Å²) in [5, 5.41) is 19.1. The van der Waals surface area contributed by atoms with Gasteiger partial charge in [0, 0.05) is 11.6 Å². The molecule has 0 aliphatic rings. The molecule has 0 spiro atoms. The Bertz CT molecular complexity index is 614. The summed E-state index contributed by atoms with van der Waals surface area (Å²) in [6, 6.07) is 2.66. The van der Waals surface area contributed by atoms with E-state index in [9.17, 15) is 19.3 Å². The first-order valence-corrected chi connectivity index (χ1v) is 5.13. The largest absolute Gasteiger partial charge is 0.345 e. The van der Waals surface area contributed by atoms with Gasteiger partial charge in [-0.3, -0.25) is 20.0 Å². The second-order valence-corrected chi connectivity index (χ2v) is 3.57. The standard InChI is InChI=1S/C10H8FN5O3/c11-7-1-6(2-8(3-7)16(18)19)10(17)12-4-9-13-5-14-15-9/h1-3,5H,4H2,(H,12,17)(H,13,14,15). The molecule has 0 atom stereocenters. The molecule has 9 heteroatoms. The average molecular weight is 265 g/mol. The Morgan fingerprint density at radius 2 is 2.26 bits per heavy atom. The van der Waals surface area contributed by atoms with Crippen LogP contribution in [0, 0.1) is 15.9 Å². The molecule has 8 nitrogen and oxygen atoms in total. The first kappa shape index (κ1) is 12.6. The van der Waals surface area contributed by atoms with Crippen LogP contribution in [0.5, 0.6) is 0 Å². The molecule has 1 aromatic heterocycles. The molecule has 2 aromatic rings. The van der Waals surface area contributed by atoms with E-state index in [0.29, 0.717) is 5.82 Å². The number of benzene rings is 1. The third-order valence-corrected chi connectivity index (χ3v) is 2.24. The molecule has 2 N–H and O–H groups in total. The Hall–Kier alpha value is -2.84. The Labute approximate surface area is 105 Å². The van der Waals surface area contributed by atoms with E-state index in [1.165, 1.54) is 6.33 Å². The van der Waals surface area contributed by atoms with Gasteiger partial charge in [0.05, 0.1) is 17.5 Å². The van der Waals surface area contributed by atoms with E-state index in [0.717, 1.165) is 18.2 Å². The summed E-state index contributed by atoms with van der Waals surface area (Å²) in [4.78, 5) is 25.3. The molecule has 0 bridgehead atoms. The number of carbonyl (C=O) groups is 1. The lowest BCUT2D eigenvalue weighted by atomic mass is 10.2. The van der Waals surface area contributed by atoms with E-state index in [4.69, 9.17) is 0 Å². The lowest BCUT2D eigenvalue weighted by molar-refractivity contribution is -0.385. The van der Waals surface area contributed by atoms with Crippen LogP contribution in [0.4, 0.5) is 10.1 Å². The number of hydrogen-bond acceptors (Lipinski definition) is 5. The van der Waals surface area contributed by atoms with Crippen LogP contribution in [0.3, 0.4) is 0 Å². The van der Waals surface area contributed by atoms with Crippen molar-refractivity contribution in [1.82, 2.24) is 20.5 Å². The first-order chi connectivity index (χ1) is 9.06. The number of nitrogens with one attached hydrogen (secondary N) is 2. The number of aromatic amines is 1. The van der Waals surface area contributed by atoms with Gasteiger partial charge in [-0.2, -0.15) is 5.10 Å². The first-order valence-electron chi connectivity index (χ1n) is 5.13. The van der Waals surface area contributed by atoms with Gasteiger partial charge in [-0.1, -0.05) is 0 Å². The van der Waals surface area contributed by atoms with E-state index >= 15 is 0 Å². The van der Waals surface area contributed by atoms with Crippen molar-refractivity contribution in [2.75, 3.05) is 0 Å². The molecule has 1 aromatic carbocycles. The number of non-ortho nitro benzene ring substituents is 1. The summed E-state index contributed by atoms with van der Waals surface area (Å²) in [5.41, 5.74) is -0.615. The Morgan fingerprint density at radius 1 is 1.47 bits per heavy atom. The number of nitro benzene ring substituents is 1. The van der Waals surface area contributed by atoms with Crippen LogP contribution in [0.25, 0.3) is 0 Å². The maximum absolute atomic E-state index is 13.1. The number of halogens is 1. The molecule has 98 valence electrons. The highest BCUT2D eigenvalue weighted by atomic mass is 19.1. The minimum Gasteiger partial charge on any atom is -0.345 e. The third-order valence-electron chi connectivity index (χ3n) is 2.24. The van der Waals surface area contributed by atoms with Gasteiger partial charge in [-0.05, 0) is 6.07 Å². The molecule has 0 aliphatic heterocycles. The van der Waals surface area contributed by atoms with Crippen molar-refractivity contribution in [1.29, 1.82) is 0 Å². The molecule has 2 rings (SSSR count). The summed E-state index contributed by atoms with van der Waals surface area (Å²) in [6.45, 7) is 0.0587. The van der Waals surface area contributed by atoms with Crippen LogP contribution in [0.15, 0.2) is 24.5 Å². The van der Waals surface area contributed by atoms with Crippen molar-refractivity contribution < 1.29 is 14.1 Å². The fourth-order valence-electron chi connectivity index (χ4n) is 1.39. The summed E-state index contributed by atoms with van der Waals surface area (Å²) in [7, 11) is 0. The zero-order chi connectivity index (χ0) is 13.8. The quantitative estimate of drug-likeness (QED) is 0.626. The van der Waals surface area contributed by atoms with Crippen LogP contribution in [-0.2, 0) is 6.54 Å². The van der Waals surface area contributed by atoms with Gasteiger partial charge < -0.3 is 5.32 Å². The molecule has 0 unspecified atom stereocenters. The van der Waals surface area contributed by atoms with Crippen molar-refractivity contribution in [3.05, 3.63) is 51.8 Å². The van der Waals surface area contributed by atoms with Gasteiger partial charge in [0.15, 0.2) is 0 Å². The molecular formula is C10H8FN5O3. The maximum Gasteiger partial charge on any atom is 0.273 e. The number of nitro groups is 1. The normalized spacial score (nSPS) is 10.2. The van der Waals surface area contributed by atoms with Crippen LogP contribution < -0.4 is 5.32 Å². The zero-order valence-corrected chi connectivity index (χ0v) is 9.46. The van der Waals surface area contributed by atoms with E-state index in [2.05, 4.69) is 20.5 Å². The molecule has 0 radical (unpaired) electrons. The number of nitrogens with zero attached hydrogens (tertiary/aromatic N) is 3. The average Bonchev–Trinajstić information content (AvgIpc) is 2.88. The van der Waals surface area contributed by atoms with Crippen molar-refractivity contribution in [3.63, 3.8) is 0 Å². The lowest BCUT2D eigenvalue weighted by Gasteiger charge is -2.03. The van der Waals surface area contributed by atoms with Gasteiger partial charge in [0.1, 0.15) is 18.0 Å².